The quantitative estimate of drug-likeness (QED) is 0.522. The highest BCUT2D eigenvalue weighted by Gasteiger charge is 2.65. The fourth-order valence-corrected chi connectivity index (χ4v) is 6.61. The van der Waals surface area contributed by atoms with E-state index in [1.807, 2.05) is 19.2 Å². The van der Waals surface area contributed by atoms with E-state index in [4.69, 9.17) is 14.2 Å². The molecule has 2 N–H and O–H groups in total. The van der Waals surface area contributed by atoms with Crippen molar-refractivity contribution in [3.05, 3.63) is 29.8 Å². The number of benzene rings is 1. The first-order valence-corrected chi connectivity index (χ1v) is 12.3. The van der Waals surface area contributed by atoms with Crippen molar-refractivity contribution in [2.24, 2.45) is 16.3 Å². The zero-order valence-corrected chi connectivity index (χ0v) is 19.5. The fraction of sp³-hybridized carbons (Fsp3) is 0.720. The summed E-state index contributed by atoms with van der Waals surface area (Å²) >= 11 is 0. The Morgan fingerprint density at radius 1 is 1.19 bits per heavy atom. The van der Waals surface area contributed by atoms with E-state index >= 15 is 0 Å². The van der Waals surface area contributed by atoms with Crippen LogP contribution in [0.2, 0.25) is 0 Å². The zero-order valence-electron chi connectivity index (χ0n) is 19.5. The van der Waals surface area contributed by atoms with E-state index in [9.17, 15) is 0 Å². The predicted molar refractivity (Wildman–Crippen MR) is 125 cm³/mol. The van der Waals surface area contributed by atoms with Crippen LogP contribution in [0.25, 0.3) is 0 Å². The van der Waals surface area contributed by atoms with E-state index < -0.39 is 0 Å². The molecule has 0 amide bonds. The number of ether oxygens (including phenoxy) is 3. The highest BCUT2D eigenvalue weighted by molar-refractivity contribution is 5.80. The van der Waals surface area contributed by atoms with Crippen molar-refractivity contribution < 1.29 is 14.2 Å². The number of aliphatic imine (C=N–C) groups is 1. The topological polar surface area (TPSA) is 67.4 Å². The molecule has 4 unspecified atom stereocenters. The van der Waals surface area contributed by atoms with Crippen LogP contribution >= 0.6 is 0 Å². The van der Waals surface area contributed by atoms with Crippen LogP contribution in [0.3, 0.4) is 0 Å². The fourth-order valence-electron chi connectivity index (χ4n) is 6.61. The second-order valence-electron chi connectivity index (χ2n) is 9.70. The molecule has 1 spiro atoms. The van der Waals surface area contributed by atoms with Gasteiger partial charge >= 0.3 is 0 Å². The van der Waals surface area contributed by atoms with E-state index in [1.54, 1.807) is 7.11 Å². The van der Waals surface area contributed by atoms with Crippen LogP contribution in [0.1, 0.15) is 43.7 Å². The van der Waals surface area contributed by atoms with E-state index in [1.165, 1.54) is 37.7 Å². The van der Waals surface area contributed by atoms with Crippen LogP contribution in [0.15, 0.2) is 29.3 Å². The minimum atomic E-state index is 0.257. The largest absolute Gasteiger partial charge is 0.497 e. The number of guanidine groups is 1. The molecule has 2 saturated heterocycles. The Kier molecular flexibility index (Phi) is 6.58. The van der Waals surface area contributed by atoms with Crippen LogP contribution in [0.4, 0.5) is 0 Å². The van der Waals surface area contributed by atoms with Gasteiger partial charge in [-0.1, -0.05) is 25.0 Å². The first kappa shape index (κ1) is 22.0. The first-order chi connectivity index (χ1) is 15.7. The molecular weight excluding hydrogens is 404 g/mol. The number of methoxy groups -OCH3 is 1. The lowest BCUT2D eigenvalue weighted by atomic mass is 9.54. The van der Waals surface area contributed by atoms with Gasteiger partial charge in [0.15, 0.2) is 5.96 Å². The van der Waals surface area contributed by atoms with E-state index in [-0.39, 0.29) is 6.04 Å². The van der Waals surface area contributed by atoms with Gasteiger partial charge in [0.25, 0.3) is 0 Å². The average Bonchev–Trinajstić information content (AvgIpc) is 3.52. The molecule has 0 aromatic heterocycles. The Morgan fingerprint density at radius 3 is 2.62 bits per heavy atom. The Hall–Kier alpha value is -1.83. The summed E-state index contributed by atoms with van der Waals surface area (Å²) in [6.07, 6.45) is 6.85. The van der Waals surface area contributed by atoms with Crippen molar-refractivity contribution in [3.63, 3.8) is 0 Å². The van der Waals surface area contributed by atoms with Crippen molar-refractivity contribution >= 4 is 5.96 Å². The van der Waals surface area contributed by atoms with Crippen molar-refractivity contribution in [3.8, 4) is 5.75 Å². The lowest BCUT2D eigenvalue weighted by molar-refractivity contribution is -0.125. The summed E-state index contributed by atoms with van der Waals surface area (Å²) in [5.74, 6) is 2.43. The van der Waals surface area contributed by atoms with Gasteiger partial charge in [0.1, 0.15) is 5.75 Å². The number of fused-ring (bicyclic) bond motifs is 2. The summed E-state index contributed by atoms with van der Waals surface area (Å²) < 4.78 is 17.1. The van der Waals surface area contributed by atoms with Crippen LogP contribution in [0.5, 0.6) is 5.75 Å². The first-order valence-electron chi connectivity index (χ1n) is 12.3. The van der Waals surface area contributed by atoms with Crippen molar-refractivity contribution in [1.82, 2.24) is 15.5 Å². The number of hydrogen-bond donors (Lipinski definition) is 2. The molecule has 2 aliphatic carbocycles. The maximum absolute atomic E-state index is 6.16. The molecule has 0 radical (unpaired) electrons. The van der Waals surface area contributed by atoms with E-state index in [2.05, 4.69) is 32.7 Å². The van der Waals surface area contributed by atoms with Crippen LogP contribution in [0, 0.1) is 11.3 Å². The molecule has 4 fully saturated rings. The standard InChI is InChI=1S/C25H38N4O3/c1-26-24(28-22-20-9-14-32-23(20)25(22)10-3-4-11-25)27-17-21(29-12-15-31-16-13-29)18-5-7-19(30-2)8-6-18/h5-8,20-23H,3-4,9-17H2,1-2H3,(H2,26,27,28). The summed E-state index contributed by atoms with van der Waals surface area (Å²) in [7, 11) is 3.60. The lowest BCUT2D eigenvalue weighted by Gasteiger charge is -2.57. The monoisotopic (exact) mass is 442 g/mol. The van der Waals surface area contributed by atoms with Gasteiger partial charge in [-0.2, -0.15) is 0 Å². The maximum Gasteiger partial charge on any atom is 0.191 e. The normalized spacial score (nSPS) is 30.6. The minimum Gasteiger partial charge on any atom is -0.497 e. The zero-order chi connectivity index (χ0) is 22.0. The van der Waals surface area contributed by atoms with Gasteiger partial charge in [0, 0.05) is 50.7 Å². The number of rotatable bonds is 6. The molecule has 2 aliphatic heterocycles. The van der Waals surface area contributed by atoms with Crippen molar-refractivity contribution in [1.29, 1.82) is 0 Å². The molecule has 7 nitrogen and oxygen atoms in total. The molecule has 7 heteroatoms. The number of hydrogen-bond acceptors (Lipinski definition) is 5. The molecule has 4 atom stereocenters. The highest BCUT2D eigenvalue weighted by atomic mass is 16.5. The average molecular weight is 443 g/mol. The SMILES string of the molecule is CN=C(NCC(c1ccc(OC)cc1)N1CCOCC1)NC1C2CCOC2C12CCCC2. The highest BCUT2D eigenvalue weighted by Crippen LogP contribution is 2.60. The Labute approximate surface area is 191 Å². The smallest absolute Gasteiger partial charge is 0.191 e. The molecule has 2 heterocycles. The second-order valence-corrected chi connectivity index (χ2v) is 9.70. The third-order valence-electron chi connectivity index (χ3n) is 8.25. The van der Waals surface area contributed by atoms with Gasteiger partial charge in [-0.3, -0.25) is 9.89 Å². The van der Waals surface area contributed by atoms with Gasteiger partial charge in [-0.15, -0.1) is 0 Å². The number of nitrogens with one attached hydrogen (secondary N) is 2. The van der Waals surface area contributed by atoms with Gasteiger partial charge in [-0.25, -0.2) is 0 Å². The molecule has 176 valence electrons. The minimum absolute atomic E-state index is 0.257. The summed E-state index contributed by atoms with van der Waals surface area (Å²) in [4.78, 5) is 7.12. The number of nitrogens with zero attached hydrogens (tertiary/aromatic N) is 2. The molecule has 0 bridgehead atoms. The molecule has 2 saturated carbocycles. The lowest BCUT2D eigenvalue weighted by Crippen LogP contribution is -2.69. The van der Waals surface area contributed by atoms with Crippen LogP contribution < -0.4 is 15.4 Å². The van der Waals surface area contributed by atoms with E-state index in [0.717, 1.165) is 51.2 Å². The number of morpholine rings is 1. The van der Waals surface area contributed by atoms with Gasteiger partial charge in [0.2, 0.25) is 0 Å². The Balaban J connectivity index is 1.27. The molecular formula is C25H38N4O3. The Morgan fingerprint density at radius 2 is 1.94 bits per heavy atom. The predicted octanol–water partition coefficient (Wildman–Crippen LogP) is 2.58. The second kappa shape index (κ2) is 9.57. The van der Waals surface area contributed by atoms with Gasteiger partial charge in [0.05, 0.1) is 32.5 Å². The van der Waals surface area contributed by atoms with Gasteiger partial charge < -0.3 is 24.8 Å². The van der Waals surface area contributed by atoms with Crippen LogP contribution in [-0.4, -0.2) is 76.6 Å². The molecule has 4 aliphatic rings. The Bertz CT molecular complexity index is 787. The summed E-state index contributed by atoms with van der Waals surface area (Å²) in [5, 5.41) is 7.49. The third-order valence-corrected chi connectivity index (χ3v) is 8.25. The van der Waals surface area contributed by atoms with Crippen LogP contribution in [-0.2, 0) is 9.47 Å². The van der Waals surface area contributed by atoms with Crippen molar-refractivity contribution in [2.75, 3.05) is 53.6 Å². The molecule has 5 rings (SSSR count). The molecule has 32 heavy (non-hydrogen) atoms. The summed E-state index contributed by atoms with van der Waals surface area (Å²) in [5.41, 5.74) is 1.61. The maximum atomic E-state index is 6.16. The van der Waals surface area contributed by atoms with E-state index in [0.29, 0.717) is 23.5 Å². The molecule has 1 aromatic rings. The summed E-state index contributed by atoms with van der Waals surface area (Å²) in [6.45, 7) is 5.17. The molecule has 1 aromatic carbocycles. The van der Waals surface area contributed by atoms with Gasteiger partial charge in [-0.05, 0) is 37.0 Å². The van der Waals surface area contributed by atoms with Crippen molar-refractivity contribution in [2.45, 2.75) is 50.3 Å². The third kappa shape index (κ3) is 3.99. The summed E-state index contributed by atoms with van der Waals surface area (Å²) in [6, 6.07) is 9.19.